The number of hydrogen-bond donors (Lipinski definition) is 0. The molecule has 27 heavy (non-hydrogen) atoms. The molecule has 1 saturated heterocycles. The van der Waals surface area contributed by atoms with Crippen LogP contribution < -0.4 is 4.90 Å². The quantitative estimate of drug-likeness (QED) is 0.736. The lowest BCUT2D eigenvalue weighted by molar-refractivity contribution is 0.469. The predicted molar refractivity (Wildman–Crippen MR) is 95.1 cm³/mol. The van der Waals surface area contributed by atoms with Crippen LogP contribution in [0.15, 0.2) is 19.8 Å². The highest BCUT2D eigenvalue weighted by atomic mass is 32.2. The highest BCUT2D eigenvalue weighted by molar-refractivity contribution is 7.89. The van der Waals surface area contributed by atoms with Gasteiger partial charge in [-0.15, -0.1) is 0 Å². The zero-order valence-electron chi connectivity index (χ0n) is 15.1. The summed E-state index contributed by atoms with van der Waals surface area (Å²) in [5, 5.41) is 18.0. The van der Waals surface area contributed by atoms with Crippen LogP contribution in [0, 0.1) is 29.6 Å². The lowest BCUT2D eigenvalue weighted by atomic mass is 10.4. The molecule has 0 N–H and O–H groups in total. The molecule has 9 nitrogen and oxygen atoms in total. The Labute approximate surface area is 157 Å². The first-order valence-corrected chi connectivity index (χ1v) is 9.92. The van der Waals surface area contributed by atoms with Crippen molar-refractivity contribution in [3.8, 4) is 23.8 Å². The van der Waals surface area contributed by atoms with E-state index >= 15 is 0 Å². The number of oxazole rings is 1. The molecular weight excluding hydrogens is 370 g/mol. The molecule has 2 aromatic rings. The molecule has 0 radical (unpaired) electrons. The minimum absolute atomic E-state index is 0.0244. The van der Waals surface area contributed by atoms with Crippen LogP contribution in [0.5, 0.6) is 0 Å². The van der Waals surface area contributed by atoms with Crippen LogP contribution in [0.2, 0.25) is 0 Å². The van der Waals surface area contributed by atoms with Crippen LogP contribution in [-0.4, -0.2) is 44.4 Å². The summed E-state index contributed by atoms with van der Waals surface area (Å²) in [5.74, 6) is 0.617. The van der Waals surface area contributed by atoms with Gasteiger partial charge in [-0.1, -0.05) is 0 Å². The Bertz CT molecular complexity index is 1020. The normalized spacial score (nSPS) is 14.8. The van der Waals surface area contributed by atoms with Gasteiger partial charge in [0.25, 0.3) is 5.89 Å². The van der Waals surface area contributed by atoms with Gasteiger partial charge in [-0.25, -0.2) is 8.42 Å². The molecule has 3 heterocycles. The van der Waals surface area contributed by atoms with Gasteiger partial charge in [-0.3, -0.25) is 0 Å². The number of hydrogen-bond acceptors (Lipinski definition) is 8. The zero-order chi connectivity index (χ0) is 19.6. The van der Waals surface area contributed by atoms with Crippen LogP contribution in [-0.2, 0) is 10.0 Å². The predicted octanol–water partition coefficient (Wildman–Crippen LogP) is 2.25. The molecule has 3 rings (SSSR count). The average molecular weight is 389 g/mol. The number of furan rings is 1. The third kappa shape index (κ3) is 3.54. The molecule has 142 valence electrons. The number of nitriles is 2. The van der Waals surface area contributed by atoms with Crippen molar-refractivity contribution in [2.75, 3.05) is 31.6 Å². The first kappa shape index (κ1) is 19.0. The molecule has 1 aliphatic heterocycles. The number of anilines is 1. The van der Waals surface area contributed by atoms with Crippen molar-refractivity contribution in [3.05, 3.63) is 17.5 Å². The van der Waals surface area contributed by atoms with Crippen LogP contribution in [0.1, 0.15) is 30.7 Å². The molecule has 0 bridgehead atoms. The van der Waals surface area contributed by atoms with Gasteiger partial charge in [0.2, 0.25) is 21.6 Å². The Morgan fingerprint density at radius 1 is 1.30 bits per heavy atom. The van der Waals surface area contributed by atoms with E-state index in [0.717, 1.165) is 12.8 Å². The monoisotopic (exact) mass is 389 g/mol. The van der Waals surface area contributed by atoms with Crippen molar-refractivity contribution in [3.63, 3.8) is 0 Å². The third-order valence-electron chi connectivity index (χ3n) is 4.39. The van der Waals surface area contributed by atoms with Gasteiger partial charge in [0.05, 0.1) is 12.5 Å². The zero-order valence-corrected chi connectivity index (χ0v) is 15.9. The molecule has 0 atom stereocenters. The largest absolute Gasteiger partial charge is 0.455 e. The number of rotatable bonds is 6. The Kier molecular flexibility index (Phi) is 5.22. The molecule has 1 fully saturated rings. The smallest absolute Gasteiger partial charge is 0.266 e. The standard InChI is InChI=1S/C17H19N5O4S/c1-12-15(27(23,24)22-8-3-4-9-22)10-14(25-12)16-20-13(11-19)17(26-16)21(2)7-5-6-18/h10H,3-5,7-9H2,1-2H3. The van der Waals surface area contributed by atoms with E-state index in [4.69, 9.17) is 14.1 Å². The van der Waals surface area contributed by atoms with Gasteiger partial charge in [0.1, 0.15) is 16.7 Å². The fourth-order valence-corrected chi connectivity index (χ4v) is 4.64. The molecule has 0 aliphatic carbocycles. The molecule has 0 unspecified atom stereocenters. The lowest BCUT2D eigenvalue weighted by Gasteiger charge is -2.14. The van der Waals surface area contributed by atoms with E-state index < -0.39 is 10.0 Å². The summed E-state index contributed by atoms with van der Waals surface area (Å²) in [6.45, 7) is 2.92. The number of aromatic nitrogens is 1. The van der Waals surface area contributed by atoms with Crippen LogP contribution in [0.25, 0.3) is 11.7 Å². The third-order valence-corrected chi connectivity index (χ3v) is 6.39. The molecule has 0 saturated carbocycles. The van der Waals surface area contributed by atoms with E-state index in [9.17, 15) is 13.7 Å². The van der Waals surface area contributed by atoms with Gasteiger partial charge < -0.3 is 13.7 Å². The summed E-state index contributed by atoms with van der Waals surface area (Å²) in [6.07, 6.45) is 1.94. The molecule has 0 spiro atoms. The Hall–Kier alpha value is -2.82. The van der Waals surface area contributed by atoms with E-state index in [1.165, 1.54) is 10.4 Å². The Morgan fingerprint density at radius 2 is 2.00 bits per heavy atom. The molecule has 2 aromatic heterocycles. The highest BCUT2D eigenvalue weighted by Crippen LogP contribution is 2.33. The van der Waals surface area contributed by atoms with Gasteiger partial charge >= 0.3 is 0 Å². The number of nitrogens with zero attached hydrogens (tertiary/aromatic N) is 5. The van der Waals surface area contributed by atoms with Gasteiger partial charge in [-0.05, 0) is 19.8 Å². The maximum absolute atomic E-state index is 12.8. The second kappa shape index (κ2) is 7.43. The Morgan fingerprint density at radius 3 is 2.63 bits per heavy atom. The summed E-state index contributed by atoms with van der Waals surface area (Å²) in [4.78, 5) is 5.79. The minimum Gasteiger partial charge on any atom is -0.455 e. The minimum atomic E-state index is -3.64. The van der Waals surface area contributed by atoms with Crippen LogP contribution in [0.4, 0.5) is 5.88 Å². The molecular formula is C17H19N5O4S. The van der Waals surface area contributed by atoms with Crippen molar-refractivity contribution in [1.29, 1.82) is 10.5 Å². The van der Waals surface area contributed by atoms with Crippen LogP contribution >= 0.6 is 0 Å². The molecule has 10 heteroatoms. The summed E-state index contributed by atoms with van der Waals surface area (Å²) >= 11 is 0. The second-order valence-electron chi connectivity index (χ2n) is 6.26. The second-order valence-corrected chi connectivity index (χ2v) is 8.16. The summed E-state index contributed by atoms with van der Waals surface area (Å²) < 4.78 is 38.2. The SMILES string of the molecule is Cc1oc(-c2nc(C#N)c(N(C)CCC#N)o2)cc1S(=O)(=O)N1CCCC1. The average Bonchev–Trinajstić information content (AvgIpc) is 3.37. The maximum Gasteiger partial charge on any atom is 0.266 e. The number of sulfonamides is 1. The van der Waals surface area contributed by atoms with Crippen LogP contribution in [0.3, 0.4) is 0 Å². The fraction of sp³-hybridized carbons (Fsp3) is 0.471. The summed E-state index contributed by atoms with van der Waals surface area (Å²) in [5.41, 5.74) is 0.0449. The van der Waals surface area contributed by atoms with E-state index in [1.54, 1.807) is 18.9 Å². The number of aryl methyl sites for hydroxylation is 1. The maximum atomic E-state index is 12.8. The van der Waals surface area contributed by atoms with E-state index in [1.807, 2.05) is 12.1 Å². The summed E-state index contributed by atoms with van der Waals surface area (Å²) in [6, 6.07) is 5.35. The van der Waals surface area contributed by atoms with Crippen molar-refractivity contribution in [1.82, 2.24) is 9.29 Å². The first-order chi connectivity index (χ1) is 12.9. The van der Waals surface area contributed by atoms with Gasteiger partial charge in [0.15, 0.2) is 5.76 Å². The lowest BCUT2D eigenvalue weighted by Crippen LogP contribution is -2.27. The van der Waals surface area contributed by atoms with Gasteiger partial charge in [-0.2, -0.15) is 19.8 Å². The molecule has 0 amide bonds. The van der Waals surface area contributed by atoms with Crippen molar-refractivity contribution >= 4 is 15.9 Å². The van der Waals surface area contributed by atoms with Crippen molar-refractivity contribution in [2.24, 2.45) is 0 Å². The topological polar surface area (TPSA) is 127 Å². The van der Waals surface area contributed by atoms with Gasteiger partial charge in [0, 0.05) is 32.7 Å². The van der Waals surface area contributed by atoms with E-state index in [-0.39, 0.29) is 40.3 Å². The van der Waals surface area contributed by atoms with Crippen molar-refractivity contribution in [2.45, 2.75) is 31.1 Å². The summed E-state index contributed by atoms with van der Waals surface area (Å²) in [7, 11) is -1.96. The van der Waals surface area contributed by atoms with E-state index in [0.29, 0.717) is 19.6 Å². The first-order valence-electron chi connectivity index (χ1n) is 8.48. The van der Waals surface area contributed by atoms with Crippen molar-refractivity contribution < 1.29 is 17.3 Å². The fourth-order valence-electron chi connectivity index (χ4n) is 2.96. The molecule has 1 aliphatic rings. The Balaban J connectivity index is 1.95. The molecule has 0 aromatic carbocycles. The highest BCUT2D eigenvalue weighted by Gasteiger charge is 2.32. The van der Waals surface area contributed by atoms with E-state index in [2.05, 4.69) is 4.98 Å².